The van der Waals surface area contributed by atoms with Crippen molar-refractivity contribution in [3.05, 3.63) is 29.8 Å². The van der Waals surface area contributed by atoms with Gasteiger partial charge in [0, 0.05) is 19.0 Å². The monoisotopic (exact) mass is 421 g/mol. The number of sulfonamides is 1. The first-order valence-electron chi connectivity index (χ1n) is 9.09. The summed E-state index contributed by atoms with van der Waals surface area (Å²) in [6.07, 6.45) is -1.58. The van der Waals surface area contributed by atoms with Crippen molar-refractivity contribution in [1.29, 1.82) is 0 Å². The van der Waals surface area contributed by atoms with E-state index < -0.39 is 21.8 Å². The second-order valence-electron chi connectivity index (χ2n) is 7.13. The van der Waals surface area contributed by atoms with Gasteiger partial charge in [-0.05, 0) is 57.6 Å². The number of hydrogen-bond donors (Lipinski definition) is 1. The molecule has 1 aromatic carbocycles. The van der Waals surface area contributed by atoms with Crippen LogP contribution in [-0.4, -0.2) is 58.2 Å². The molecule has 0 saturated carbocycles. The molecule has 1 heterocycles. The predicted molar refractivity (Wildman–Crippen MR) is 102 cm³/mol. The van der Waals surface area contributed by atoms with Crippen LogP contribution in [0.5, 0.6) is 0 Å². The summed E-state index contributed by atoms with van der Waals surface area (Å²) in [5.74, 6) is -0.174. The van der Waals surface area contributed by atoms with Crippen molar-refractivity contribution in [1.82, 2.24) is 10.2 Å². The van der Waals surface area contributed by atoms with Crippen molar-refractivity contribution in [2.75, 3.05) is 37.2 Å². The average molecular weight is 421 g/mol. The highest BCUT2D eigenvalue weighted by molar-refractivity contribution is 7.92. The van der Waals surface area contributed by atoms with Gasteiger partial charge in [-0.2, -0.15) is 13.2 Å². The van der Waals surface area contributed by atoms with Crippen molar-refractivity contribution in [3.63, 3.8) is 0 Å². The Balaban J connectivity index is 1.96. The van der Waals surface area contributed by atoms with Crippen molar-refractivity contribution in [2.24, 2.45) is 0 Å². The Morgan fingerprint density at radius 3 is 2.50 bits per heavy atom. The number of hydrogen-bond acceptors (Lipinski definition) is 4. The van der Waals surface area contributed by atoms with E-state index in [1.807, 2.05) is 7.05 Å². The lowest BCUT2D eigenvalue weighted by molar-refractivity contribution is -0.137. The first-order valence-corrected chi connectivity index (χ1v) is 10.9. The minimum Gasteiger partial charge on any atom is -0.353 e. The fraction of sp³-hybridized carbons (Fsp3) is 0.611. The Kier molecular flexibility index (Phi) is 7.33. The molecule has 1 fully saturated rings. The summed E-state index contributed by atoms with van der Waals surface area (Å²) in [7, 11) is -1.76. The van der Waals surface area contributed by atoms with Gasteiger partial charge in [0.15, 0.2) is 0 Å². The third-order valence-electron chi connectivity index (χ3n) is 4.71. The van der Waals surface area contributed by atoms with Crippen molar-refractivity contribution in [3.8, 4) is 0 Å². The van der Waals surface area contributed by atoms with Gasteiger partial charge in [-0.25, -0.2) is 8.42 Å². The third-order valence-corrected chi connectivity index (χ3v) is 5.90. The Morgan fingerprint density at radius 1 is 1.29 bits per heavy atom. The molecule has 0 spiro atoms. The Bertz CT molecular complexity index is 776. The molecular formula is C18H26F3N3O3S. The largest absolute Gasteiger partial charge is 0.416 e. The van der Waals surface area contributed by atoms with Gasteiger partial charge in [0.25, 0.3) is 0 Å². The van der Waals surface area contributed by atoms with Crippen molar-refractivity contribution < 1.29 is 26.4 Å². The van der Waals surface area contributed by atoms with Crippen LogP contribution in [0, 0.1) is 0 Å². The maximum Gasteiger partial charge on any atom is 0.416 e. The van der Waals surface area contributed by atoms with Crippen LogP contribution >= 0.6 is 0 Å². The number of carbonyl (C=O) groups excluding carboxylic acids is 1. The Labute approximate surface area is 163 Å². The lowest BCUT2D eigenvalue weighted by Crippen LogP contribution is -2.43. The van der Waals surface area contributed by atoms with Gasteiger partial charge in [-0.1, -0.05) is 6.07 Å². The van der Waals surface area contributed by atoms with Gasteiger partial charge in [-0.3, -0.25) is 9.10 Å². The van der Waals surface area contributed by atoms with Crippen LogP contribution in [0.15, 0.2) is 24.3 Å². The van der Waals surface area contributed by atoms with Gasteiger partial charge in [0.2, 0.25) is 15.9 Å². The molecular weight excluding hydrogens is 395 g/mol. The molecule has 158 valence electrons. The lowest BCUT2D eigenvalue weighted by Gasteiger charge is -2.29. The molecule has 0 radical (unpaired) electrons. The predicted octanol–water partition coefficient (Wildman–Crippen LogP) is 2.46. The number of nitrogens with one attached hydrogen (secondary N) is 1. The molecule has 0 bridgehead atoms. The molecule has 0 atom stereocenters. The zero-order valence-electron chi connectivity index (χ0n) is 16.0. The van der Waals surface area contributed by atoms with Gasteiger partial charge in [-0.15, -0.1) is 0 Å². The number of piperidine rings is 1. The molecule has 28 heavy (non-hydrogen) atoms. The van der Waals surface area contributed by atoms with E-state index in [1.54, 1.807) is 0 Å². The van der Waals surface area contributed by atoms with E-state index in [-0.39, 0.29) is 37.0 Å². The quantitative estimate of drug-likeness (QED) is 0.734. The molecule has 1 aliphatic rings. The van der Waals surface area contributed by atoms with Crippen molar-refractivity contribution in [2.45, 2.75) is 37.9 Å². The van der Waals surface area contributed by atoms with Gasteiger partial charge in [0.1, 0.15) is 0 Å². The van der Waals surface area contributed by atoms with E-state index in [0.29, 0.717) is 0 Å². The second kappa shape index (κ2) is 9.13. The smallest absolute Gasteiger partial charge is 0.353 e. The zero-order chi connectivity index (χ0) is 20.9. The standard InChI is InChI=1S/C18H26F3N3O3S/c1-23-11-8-15(9-12-23)22-17(25)7-4-10-24(28(2,26)27)16-6-3-5-14(13-16)18(19,20)21/h3,5-6,13,15H,4,7-12H2,1-2H3,(H,22,25). The van der Waals surface area contributed by atoms with Crippen LogP contribution in [0.25, 0.3) is 0 Å². The molecule has 1 amide bonds. The maximum absolute atomic E-state index is 12.9. The fourth-order valence-corrected chi connectivity index (χ4v) is 4.12. The molecule has 2 rings (SSSR count). The van der Waals surface area contributed by atoms with E-state index >= 15 is 0 Å². The highest BCUT2D eigenvalue weighted by Gasteiger charge is 2.31. The molecule has 0 aliphatic carbocycles. The first-order chi connectivity index (χ1) is 13.0. The van der Waals surface area contributed by atoms with Crippen molar-refractivity contribution >= 4 is 21.6 Å². The maximum atomic E-state index is 12.9. The summed E-state index contributed by atoms with van der Waals surface area (Å²) in [4.78, 5) is 14.3. The molecule has 6 nitrogen and oxygen atoms in total. The van der Waals surface area contributed by atoms with Crippen LogP contribution in [0.2, 0.25) is 0 Å². The summed E-state index contributed by atoms with van der Waals surface area (Å²) < 4.78 is 63.7. The summed E-state index contributed by atoms with van der Waals surface area (Å²) in [5, 5.41) is 2.94. The average Bonchev–Trinajstić information content (AvgIpc) is 2.59. The van der Waals surface area contributed by atoms with E-state index in [9.17, 15) is 26.4 Å². The van der Waals surface area contributed by atoms with Gasteiger partial charge < -0.3 is 10.2 Å². The van der Waals surface area contributed by atoms with Gasteiger partial charge >= 0.3 is 6.18 Å². The molecule has 1 N–H and O–H groups in total. The van der Waals surface area contributed by atoms with Crippen LogP contribution < -0.4 is 9.62 Å². The Hall–Kier alpha value is -1.81. The van der Waals surface area contributed by atoms with Crippen LogP contribution in [0.4, 0.5) is 18.9 Å². The summed E-state index contributed by atoms with van der Waals surface area (Å²) in [6.45, 7) is 1.74. The molecule has 0 aromatic heterocycles. The molecule has 1 aromatic rings. The summed E-state index contributed by atoms with van der Waals surface area (Å²) in [6, 6.07) is 4.29. The molecule has 10 heteroatoms. The highest BCUT2D eigenvalue weighted by atomic mass is 32.2. The number of benzene rings is 1. The summed E-state index contributed by atoms with van der Waals surface area (Å²) in [5.41, 5.74) is -0.980. The number of rotatable bonds is 7. The number of carbonyl (C=O) groups is 1. The fourth-order valence-electron chi connectivity index (χ4n) is 3.16. The minimum atomic E-state index is -4.56. The van der Waals surface area contributed by atoms with E-state index in [4.69, 9.17) is 0 Å². The minimum absolute atomic E-state index is 0.0620. The van der Waals surface area contributed by atoms with E-state index in [0.717, 1.165) is 48.6 Å². The van der Waals surface area contributed by atoms with E-state index in [2.05, 4.69) is 10.2 Å². The number of anilines is 1. The number of likely N-dealkylation sites (tertiary alicyclic amines) is 1. The second-order valence-corrected chi connectivity index (χ2v) is 9.04. The van der Waals surface area contributed by atoms with E-state index in [1.165, 1.54) is 12.1 Å². The first kappa shape index (κ1) is 22.5. The van der Waals surface area contributed by atoms with Crippen LogP contribution in [-0.2, 0) is 21.0 Å². The third kappa shape index (κ3) is 6.66. The molecule has 0 unspecified atom stereocenters. The topological polar surface area (TPSA) is 69.7 Å². The molecule has 1 saturated heterocycles. The van der Waals surface area contributed by atoms with Crippen LogP contribution in [0.1, 0.15) is 31.2 Å². The van der Waals surface area contributed by atoms with Crippen LogP contribution in [0.3, 0.4) is 0 Å². The zero-order valence-corrected chi connectivity index (χ0v) is 16.8. The SMILES string of the molecule is CN1CCC(NC(=O)CCCN(c2cccc(C(F)(F)F)c2)S(C)(=O)=O)CC1. The highest BCUT2D eigenvalue weighted by Crippen LogP contribution is 2.32. The number of nitrogens with zero attached hydrogens (tertiary/aromatic N) is 2. The summed E-state index contributed by atoms with van der Waals surface area (Å²) >= 11 is 0. The Morgan fingerprint density at radius 2 is 1.93 bits per heavy atom. The lowest BCUT2D eigenvalue weighted by atomic mass is 10.1. The number of halogens is 3. The van der Waals surface area contributed by atoms with Gasteiger partial charge in [0.05, 0.1) is 17.5 Å². The number of alkyl halides is 3. The normalized spacial score (nSPS) is 16.8. The molecule has 1 aliphatic heterocycles. The number of amides is 1.